The van der Waals surface area contributed by atoms with Gasteiger partial charge in [-0.3, -0.25) is 9.69 Å². The van der Waals surface area contributed by atoms with E-state index in [-0.39, 0.29) is 24.5 Å². The second-order valence-corrected chi connectivity index (χ2v) is 10.7. The molecule has 0 saturated carbocycles. The molecular formula is C26H33F6N3O5. The van der Waals surface area contributed by atoms with Crippen molar-refractivity contribution in [3.63, 3.8) is 0 Å². The number of hydrogen-bond donors (Lipinski definition) is 1. The van der Waals surface area contributed by atoms with Gasteiger partial charge in [0, 0.05) is 50.0 Å². The Morgan fingerprint density at radius 1 is 0.975 bits per heavy atom. The minimum absolute atomic E-state index is 0.0142. The fraction of sp³-hybridized carbons (Fsp3) is 0.692. The topological polar surface area (TPSA) is 82.6 Å². The lowest BCUT2D eigenvalue weighted by Crippen LogP contribution is -2.54. The molecule has 3 aliphatic heterocycles. The largest absolute Gasteiger partial charge is 0.497 e. The molecule has 8 nitrogen and oxygen atoms in total. The van der Waals surface area contributed by atoms with E-state index in [2.05, 4.69) is 14.5 Å². The number of alkyl halides is 6. The van der Waals surface area contributed by atoms with E-state index in [1.807, 2.05) is 18.2 Å². The highest BCUT2D eigenvalue weighted by atomic mass is 19.4. The summed E-state index contributed by atoms with van der Waals surface area (Å²) in [6.07, 6.45) is -13.8. The van der Waals surface area contributed by atoms with Gasteiger partial charge in [-0.15, -0.1) is 0 Å². The van der Waals surface area contributed by atoms with Crippen LogP contribution < -0.4 is 9.64 Å². The lowest BCUT2D eigenvalue weighted by molar-refractivity contribution is -0.308. The zero-order chi connectivity index (χ0) is 29.3. The molecule has 0 bridgehead atoms. The van der Waals surface area contributed by atoms with Gasteiger partial charge in [-0.2, -0.15) is 26.3 Å². The molecule has 224 valence electrons. The van der Waals surface area contributed by atoms with E-state index >= 15 is 0 Å². The summed E-state index contributed by atoms with van der Waals surface area (Å²) in [5.41, 5.74) is 1.55. The number of anilines is 1. The number of benzene rings is 1. The molecule has 0 radical (unpaired) electrons. The van der Waals surface area contributed by atoms with Crippen molar-refractivity contribution in [2.75, 3.05) is 44.7 Å². The molecule has 3 aliphatic rings. The molecule has 3 saturated heterocycles. The molecule has 14 heteroatoms. The van der Waals surface area contributed by atoms with Crippen LogP contribution in [0.15, 0.2) is 18.2 Å². The van der Waals surface area contributed by atoms with Crippen LogP contribution in [0.5, 0.6) is 5.75 Å². The molecule has 3 fully saturated rings. The smallest absolute Gasteiger partial charge is 0.434 e. The Balaban J connectivity index is 1.41. The number of ether oxygens (including phenoxy) is 2. The molecule has 1 aromatic carbocycles. The summed E-state index contributed by atoms with van der Waals surface area (Å²) in [4.78, 5) is 28.9. The van der Waals surface area contributed by atoms with Gasteiger partial charge in [-0.1, -0.05) is 0 Å². The first-order chi connectivity index (χ1) is 18.7. The number of halogens is 6. The van der Waals surface area contributed by atoms with Gasteiger partial charge in [0.05, 0.1) is 13.0 Å². The number of likely N-dealkylation sites (tertiary alicyclic amines) is 2. The van der Waals surface area contributed by atoms with Crippen LogP contribution in [-0.4, -0.2) is 90.8 Å². The molecule has 0 unspecified atom stereocenters. The first kappa shape index (κ1) is 30.1. The summed E-state index contributed by atoms with van der Waals surface area (Å²) in [6.45, 7) is 2.48. The number of rotatable bonds is 6. The predicted octanol–water partition coefficient (Wildman–Crippen LogP) is 5.06. The molecule has 1 N–H and O–H groups in total. The van der Waals surface area contributed by atoms with Crippen molar-refractivity contribution < 1.29 is 50.5 Å². The normalized spacial score (nSPS) is 20.8. The third kappa shape index (κ3) is 6.69. The fourth-order valence-corrected chi connectivity index (χ4v) is 6.05. The lowest BCUT2D eigenvalue weighted by Gasteiger charge is -2.45. The zero-order valence-electron chi connectivity index (χ0n) is 22.1. The van der Waals surface area contributed by atoms with Gasteiger partial charge in [0.1, 0.15) is 5.75 Å². The summed E-state index contributed by atoms with van der Waals surface area (Å²) >= 11 is 0. The van der Waals surface area contributed by atoms with E-state index in [1.54, 1.807) is 7.11 Å². The molecule has 40 heavy (non-hydrogen) atoms. The van der Waals surface area contributed by atoms with Crippen molar-refractivity contribution in [1.29, 1.82) is 0 Å². The molecule has 0 aromatic heterocycles. The number of aliphatic carboxylic acids is 1. The van der Waals surface area contributed by atoms with Gasteiger partial charge in [-0.25, -0.2) is 4.79 Å². The number of carboxylic acids is 1. The summed E-state index contributed by atoms with van der Waals surface area (Å²) in [7, 11) is 1.56. The fourth-order valence-electron chi connectivity index (χ4n) is 6.05. The van der Waals surface area contributed by atoms with Crippen LogP contribution in [0.2, 0.25) is 0 Å². The number of nitrogens with zero attached hydrogens (tertiary/aromatic N) is 3. The van der Waals surface area contributed by atoms with E-state index < -0.39 is 30.5 Å². The van der Waals surface area contributed by atoms with E-state index in [4.69, 9.17) is 4.74 Å². The number of carboxylic acid groups (broad SMARTS) is 1. The number of carbonyl (C=O) groups is 2. The Hall–Kier alpha value is -2.90. The maximum absolute atomic E-state index is 12.8. The van der Waals surface area contributed by atoms with Crippen molar-refractivity contribution in [2.24, 2.45) is 5.92 Å². The molecule has 1 spiro atoms. The van der Waals surface area contributed by atoms with Gasteiger partial charge >= 0.3 is 24.4 Å². The average molecular weight is 582 g/mol. The van der Waals surface area contributed by atoms with Crippen LogP contribution in [0.1, 0.15) is 44.1 Å². The summed E-state index contributed by atoms with van der Waals surface area (Å²) < 4.78 is 86.4. The standard InChI is InChI=1S/C26H33F6N3O5/c1-39-20-14-17(13-19(15-20)33-9-3-18(4-10-33)21(36)37)16-35-8-2-5-24(35)6-11-34(12-7-24)23(38)40-22(25(27,28)29)26(30,31)32/h13-15,18,22H,2-12,16H2,1H3,(H,36,37). The molecule has 4 rings (SSSR count). The molecular weight excluding hydrogens is 548 g/mol. The zero-order valence-corrected chi connectivity index (χ0v) is 22.1. The first-order valence-corrected chi connectivity index (χ1v) is 13.2. The van der Waals surface area contributed by atoms with Crippen molar-refractivity contribution in [2.45, 2.75) is 69.1 Å². The van der Waals surface area contributed by atoms with Gasteiger partial charge in [-0.05, 0) is 62.8 Å². The van der Waals surface area contributed by atoms with Crippen molar-refractivity contribution >= 4 is 17.7 Å². The maximum atomic E-state index is 12.8. The van der Waals surface area contributed by atoms with Gasteiger partial charge in [0.15, 0.2) is 0 Å². The number of methoxy groups -OCH3 is 1. The number of piperidine rings is 2. The summed E-state index contributed by atoms with van der Waals surface area (Å²) in [5.74, 6) is -0.491. The third-order valence-corrected chi connectivity index (χ3v) is 8.28. The Labute approximate surface area is 227 Å². The molecule has 1 amide bonds. The highest BCUT2D eigenvalue weighted by Crippen LogP contribution is 2.41. The van der Waals surface area contributed by atoms with Crippen LogP contribution in [0.3, 0.4) is 0 Å². The summed E-state index contributed by atoms with van der Waals surface area (Å²) in [5, 5.41) is 9.29. The van der Waals surface area contributed by atoms with E-state index in [0.717, 1.165) is 35.5 Å². The van der Waals surface area contributed by atoms with Gasteiger partial charge in [0.2, 0.25) is 0 Å². The Kier molecular flexibility index (Phi) is 8.67. The number of hydrogen-bond acceptors (Lipinski definition) is 6. The van der Waals surface area contributed by atoms with E-state index in [0.29, 0.717) is 51.1 Å². The van der Waals surface area contributed by atoms with Crippen molar-refractivity contribution in [1.82, 2.24) is 9.80 Å². The molecule has 0 atom stereocenters. The van der Waals surface area contributed by atoms with Crippen LogP contribution in [0.25, 0.3) is 0 Å². The molecule has 3 heterocycles. The minimum Gasteiger partial charge on any atom is -0.497 e. The van der Waals surface area contributed by atoms with Crippen LogP contribution in [0.4, 0.5) is 36.8 Å². The first-order valence-electron chi connectivity index (χ1n) is 13.2. The second-order valence-electron chi connectivity index (χ2n) is 10.7. The maximum Gasteiger partial charge on any atom is 0.434 e. The van der Waals surface area contributed by atoms with Crippen LogP contribution >= 0.6 is 0 Å². The Bertz CT molecular complexity index is 1050. The van der Waals surface area contributed by atoms with Crippen molar-refractivity contribution in [3.05, 3.63) is 23.8 Å². The van der Waals surface area contributed by atoms with E-state index in [9.17, 15) is 41.0 Å². The SMILES string of the molecule is COc1cc(CN2CCCC23CCN(C(=O)OC(C(F)(F)F)C(F)(F)F)CC3)cc(N2CCC(C(=O)O)CC2)c1. The van der Waals surface area contributed by atoms with Gasteiger partial charge < -0.3 is 24.4 Å². The Morgan fingerprint density at radius 2 is 1.60 bits per heavy atom. The highest BCUT2D eigenvalue weighted by molar-refractivity contribution is 5.70. The third-order valence-electron chi connectivity index (χ3n) is 8.28. The summed E-state index contributed by atoms with van der Waals surface area (Å²) in [6, 6.07) is 5.86. The lowest BCUT2D eigenvalue weighted by atomic mass is 9.85. The predicted molar refractivity (Wildman–Crippen MR) is 131 cm³/mol. The molecule has 0 aliphatic carbocycles. The van der Waals surface area contributed by atoms with Crippen LogP contribution in [0, 0.1) is 5.92 Å². The minimum atomic E-state index is -5.76. The molecule has 1 aromatic rings. The monoisotopic (exact) mass is 581 g/mol. The van der Waals surface area contributed by atoms with Crippen molar-refractivity contribution in [3.8, 4) is 5.75 Å². The van der Waals surface area contributed by atoms with Crippen LogP contribution in [-0.2, 0) is 16.1 Å². The average Bonchev–Trinajstić information content (AvgIpc) is 3.26. The Morgan fingerprint density at radius 3 is 2.15 bits per heavy atom. The van der Waals surface area contributed by atoms with E-state index in [1.165, 1.54) is 0 Å². The highest BCUT2D eigenvalue weighted by Gasteiger charge is 2.60. The number of amides is 1. The van der Waals surface area contributed by atoms with Gasteiger partial charge in [0.25, 0.3) is 6.10 Å². The quantitative estimate of drug-likeness (QED) is 0.471. The number of carbonyl (C=O) groups excluding carboxylic acids is 1. The second kappa shape index (κ2) is 11.5.